The standard InChI is InChI=1S/C18H16O2S/c1-3-12-8-11-17(21-12)18(19)15-9-10-16(20-2)14-7-5-4-6-13(14)15/h3-11,18-19H,1H2,2H3. The summed E-state index contributed by atoms with van der Waals surface area (Å²) in [5.74, 6) is 0.819. The van der Waals surface area contributed by atoms with Crippen LogP contribution in [0.5, 0.6) is 5.75 Å². The summed E-state index contributed by atoms with van der Waals surface area (Å²) in [6, 6.07) is 15.7. The van der Waals surface area contributed by atoms with Gasteiger partial charge in [-0.05, 0) is 29.1 Å². The van der Waals surface area contributed by atoms with Crippen LogP contribution in [-0.2, 0) is 0 Å². The number of fused-ring (bicyclic) bond motifs is 1. The molecule has 0 aliphatic heterocycles. The fraction of sp³-hybridized carbons (Fsp3) is 0.111. The summed E-state index contributed by atoms with van der Waals surface area (Å²) in [7, 11) is 1.66. The first-order valence-electron chi connectivity index (χ1n) is 6.70. The molecule has 1 heterocycles. The van der Waals surface area contributed by atoms with Gasteiger partial charge in [0.1, 0.15) is 11.9 Å². The van der Waals surface area contributed by atoms with Crippen molar-refractivity contribution in [1.29, 1.82) is 0 Å². The van der Waals surface area contributed by atoms with Gasteiger partial charge in [0.2, 0.25) is 0 Å². The maximum atomic E-state index is 10.7. The summed E-state index contributed by atoms with van der Waals surface area (Å²) in [6.45, 7) is 3.76. The van der Waals surface area contributed by atoms with Crippen LogP contribution in [0, 0.1) is 0 Å². The summed E-state index contributed by atoms with van der Waals surface area (Å²) < 4.78 is 5.40. The van der Waals surface area contributed by atoms with Gasteiger partial charge >= 0.3 is 0 Å². The van der Waals surface area contributed by atoms with Crippen LogP contribution in [0.4, 0.5) is 0 Å². The van der Waals surface area contributed by atoms with E-state index in [2.05, 4.69) is 6.58 Å². The molecule has 0 amide bonds. The monoisotopic (exact) mass is 296 g/mol. The van der Waals surface area contributed by atoms with Crippen molar-refractivity contribution < 1.29 is 9.84 Å². The number of benzene rings is 2. The zero-order chi connectivity index (χ0) is 14.8. The predicted molar refractivity (Wildman–Crippen MR) is 89.0 cm³/mol. The van der Waals surface area contributed by atoms with Gasteiger partial charge in [0.25, 0.3) is 0 Å². The zero-order valence-electron chi connectivity index (χ0n) is 11.7. The second-order valence-electron chi connectivity index (χ2n) is 4.75. The van der Waals surface area contributed by atoms with Crippen molar-refractivity contribution in [2.45, 2.75) is 6.10 Å². The summed E-state index contributed by atoms with van der Waals surface area (Å²) >= 11 is 1.56. The van der Waals surface area contributed by atoms with E-state index in [-0.39, 0.29) is 0 Å². The summed E-state index contributed by atoms with van der Waals surface area (Å²) in [6.07, 6.45) is 1.16. The average molecular weight is 296 g/mol. The minimum Gasteiger partial charge on any atom is -0.496 e. The normalized spacial score (nSPS) is 12.3. The van der Waals surface area contributed by atoms with Gasteiger partial charge in [-0.3, -0.25) is 0 Å². The highest BCUT2D eigenvalue weighted by atomic mass is 32.1. The first-order valence-corrected chi connectivity index (χ1v) is 7.52. The lowest BCUT2D eigenvalue weighted by atomic mass is 9.99. The molecule has 3 rings (SSSR count). The SMILES string of the molecule is C=Cc1ccc(C(O)c2ccc(OC)c3ccccc23)s1. The van der Waals surface area contributed by atoms with Crippen molar-refractivity contribution in [3.8, 4) is 5.75 Å². The number of thiophene rings is 1. The number of aliphatic hydroxyl groups excluding tert-OH is 1. The number of rotatable bonds is 4. The Balaban J connectivity index is 2.13. The first kappa shape index (κ1) is 13.9. The Labute approximate surface area is 127 Å². The van der Waals surface area contributed by atoms with Gasteiger partial charge in [-0.2, -0.15) is 0 Å². The Morgan fingerprint density at radius 2 is 1.86 bits per heavy atom. The molecule has 0 radical (unpaired) electrons. The van der Waals surface area contributed by atoms with E-state index in [1.165, 1.54) is 0 Å². The molecule has 3 aromatic rings. The minimum atomic E-state index is -0.639. The molecular weight excluding hydrogens is 280 g/mol. The fourth-order valence-corrected chi connectivity index (χ4v) is 3.36. The molecule has 3 heteroatoms. The molecule has 1 unspecified atom stereocenters. The largest absolute Gasteiger partial charge is 0.496 e. The first-order chi connectivity index (χ1) is 10.2. The van der Waals surface area contributed by atoms with Gasteiger partial charge in [-0.1, -0.05) is 43.0 Å². The smallest absolute Gasteiger partial charge is 0.126 e. The summed E-state index contributed by atoms with van der Waals surface area (Å²) in [4.78, 5) is 1.97. The third-order valence-corrected chi connectivity index (χ3v) is 4.68. The van der Waals surface area contributed by atoms with Crippen LogP contribution in [0.2, 0.25) is 0 Å². The minimum absolute atomic E-state index is 0.639. The van der Waals surface area contributed by atoms with Gasteiger partial charge in [0, 0.05) is 15.1 Å². The van der Waals surface area contributed by atoms with E-state index in [9.17, 15) is 5.11 Å². The van der Waals surface area contributed by atoms with Crippen molar-refractivity contribution in [2.24, 2.45) is 0 Å². The van der Waals surface area contributed by atoms with Gasteiger partial charge in [-0.25, -0.2) is 0 Å². The van der Waals surface area contributed by atoms with Gasteiger partial charge < -0.3 is 9.84 Å². The highest BCUT2D eigenvalue weighted by Gasteiger charge is 2.16. The molecule has 0 spiro atoms. The highest BCUT2D eigenvalue weighted by Crippen LogP contribution is 2.36. The Kier molecular flexibility index (Phi) is 3.78. The molecule has 21 heavy (non-hydrogen) atoms. The van der Waals surface area contributed by atoms with E-state index in [0.29, 0.717) is 0 Å². The Morgan fingerprint density at radius 3 is 2.52 bits per heavy atom. The molecule has 0 aliphatic carbocycles. The van der Waals surface area contributed by atoms with E-state index in [0.717, 1.165) is 31.8 Å². The van der Waals surface area contributed by atoms with Gasteiger partial charge in [-0.15, -0.1) is 11.3 Å². The molecule has 0 aliphatic rings. The summed E-state index contributed by atoms with van der Waals surface area (Å²) in [5, 5.41) is 12.7. The number of hydrogen-bond acceptors (Lipinski definition) is 3. The third kappa shape index (κ3) is 2.46. The van der Waals surface area contributed by atoms with E-state index < -0.39 is 6.10 Å². The lowest BCUT2D eigenvalue weighted by Gasteiger charge is -2.14. The van der Waals surface area contributed by atoms with Crippen molar-refractivity contribution in [3.63, 3.8) is 0 Å². The van der Waals surface area contributed by atoms with E-state index in [4.69, 9.17) is 4.74 Å². The molecule has 0 saturated heterocycles. The van der Waals surface area contributed by atoms with Crippen LogP contribution in [0.3, 0.4) is 0 Å². The second-order valence-corrected chi connectivity index (χ2v) is 5.90. The highest BCUT2D eigenvalue weighted by molar-refractivity contribution is 7.13. The quantitative estimate of drug-likeness (QED) is 0.760. The number of ether oxygens (including phenoxy) is 1. The second kappa shape index (κ2) is 5.72. The zero-order valence-corrected chi connectivity index (χ0v) is 12.6. The number of methoxy groups -OCH3 is 1. The molecule has 1 N–H and O–H groups in total. The lowest BCUT2D eigenvalue weighted by Crippen LogP contribution is -1.99. The lowest BCUT2D eigenvalue weighted by molar-refractivity contribution is 0.225. The fourth-order valence-electron chi connectivity index (χ4n) is 2.49. The predicted octanol–water partition coefficient (Wildman–Crippen LogP) is 4.63. The topological polar surface area (TPSA) is 29.5 Å². The van der Waals surface area contributed by atoms with E-state index >= 15 is 0 Å². The molecule has 1 aromatic heterocycles. The van der Waals surface area contributed by atoms with Crippen molar-refractivity contribution in [3.05, 3.63) is 70.4 Å². The maximum Gasteiger partial charge on any atom is 0.126 e. The third-order valence-electron chi connectivity index (χ3n) is 3.55. The Morgan fingerprint density at radius 1 is 1.10 bits per heavy atom. The van der Waals surface area contributed by atoms with Crippen molar-refractivity contribution in [1.82, 2.24) is 0 Å². The van der Waals surface area contributed by atoms with Crippen LogP contribution in [0.1, 0.15) is 21.4 Å². The number of aliphatic hydroxyl groups is 1. The van der Waals surface area contributed by atoms with Gasteiger partial charge in [0.05, 0.1) is 7.11 Å². The molecule has 1 atom stereocenters. The van der Waals surface area contributed by atoms with Crippen LogP contribution in [-0.4, -0.2) is 12.2 Å². The molecule has 2 aromatic carbocycles. The molecule has 2 nitrogen and oxygen atoms in total. The van der Waals surface area contributed by atoms with Crippen LogP contribution >= 0.6 is 11.3 Å². The van der Waals surface area contributed by atoms with Crippen LogP contribution in [0.15, 0.2) is 55.1 Å². The molecule has 106 valence electrons. The van der Waals surface area contributed by atoms with Gasteiger partial charge in [0.15, 0.2) is 0 Å². The van der Waals surface area contributed by atoms with Crippen LogP contribution in [0.25, 0.3) is 16.8 Å². The van der Waals surface area contributed by atoms with Crippen LogP contribution < -0.4 is 4.74 Å². The summed E-state index contributed by atoms with van der Waals surface area (Å²) in [5.41, 5.74) is 0.892. The molecule has 0 saturated carbocycles. The van der Waals surface area contributed by atoms with Crippen molar-refractivity contribution in [2.75, 3.05) is 7.11 Å². The molecular formula is C18H16O2S. The van der Waals surface area contributed by atoms with E-state index in [1.807, 2.05) is 48.5 Å². The molecule has 0 fully saturated rings. The van der Waals surface area contributed by atoms with Crippen molar-refractivity contribution >= 4 is 28.2 Å². The Hall–Kier alpha value is -2.10. The maximum absolute atomic E-state index is 10.7. The van der Waals surface area contributed by atoms with E-state index in [1.54, 1.807) is 24.5 Å². The number of hydrogen-bond donors (Lipinski definition) is 1. The molecule has 0 bridgehead atoms. The average Bonchev–Trinajstić information content (AvgIpc) is 3.02. The Bertz CT molecular complexity index is 789.